The first-order valence-electron chi connectivity index (χ1n) is 7.35. The van der Waals surface area contributed by atoms with Crippen LogP contribution < -0.4 is 4.74 Å². The van der Waals surface area contributed by atoms with Gasteiger partial charge >= 0.3 is 6.03 Å². The van der Waals surface area contributed by atoms with E-state index in [1.807, 2.05) is 24.3 Å². The second kappa shape index (κ2) is 6.79. The number of rotatable bonds is 6. The predicted molar refractivity (Wildman–Crippen MR) is 81.8 cm³/mol. The van der Waals surface area contributed by atoms with Crippen molar-refractivity contribution in [1.82, 2.24) is 9.80 Å². The van der Waals surface area contributed by atoms with E-state index in [0.29, 0.717) is 11.7 Å². The van der Waals surface area contributed by atoms with E-state index in [1.54, 1.807) is 7.05 Å². The standard InChI is InChI=1S/C16H22N2O4/c1-11(2)13-6-4-5-7-14(13)22-10-12(19)8-18-15(20)9-17(3)16(18)21/h4-7,11-12,19H,8-10H2,1-3H3/t12-/m1/s1. The third kappa shape index (κ3) is 3.57. The Labute approximate surface area is 130 Å². The van der Waals surface area contributed by atoms with Gasteiger partial charge in [-0.05, 0) is 17.5 Å². The third-order valence-electron chi connectivity index (χ3n) is 3.60. The van der Waals surface area contributed by atoms with Crippen LogP contribution in [0.5, 0.6) is 5.75 Å². The number of imide groups is 1. The number of carbonyl (C=O) groups excluding carboxylic acids is 2. The molecule has 1 heterocycles. The van der Waals surface area contributed by atoms with E-state index in [4.69, 9.17) is 4.74 Å². The van der Waals surface area contributed by atoms with Crippen molar-refractivity contribution in [2.45, 2.75) is 25.9 Å². The molecule has 1 aliphatic rings. The summed E-state index contributed by atoms with van der Waals surface area (Å²) in [7, 11) is 1.56. The molecule has 1 aliphatic heterocycles. The van der Waals surface area contributed by atoms with Crippen molar-refractivity contribution < 1.29 is 19.4 Å². The predicted octanol–water partition coefficient (Wildman–Crippen LogP) is 1.44. The maximum atomic E-state index is 11.7. The van der Waals surface area contributed by atoms with E-state index in [1.165, 1.54) is 4.90 Å². The highest BCUT2D eigenvalue weighted by molar-refractivity contribution is 6.01. The van der Waals surface area contributed by atoms with Gasteiger partial charge in [-0.1, -0.05) is 32.0 Å². The van der Waals surface area contributed by atoms with Gasteiger partial charge in [-0.15, -0.1) is 0 Å². The van der Waals surface area contributed by atoms with Crippen LogP contribution in [0.1, 0.15) is 25.3 Å². The van der Waals surface area contributed by atoms with Gasteiger partial charge in [0.05, 0.1) is 6.54 Å². The lowest BCUT2D eigenvalue weighted by molar-refractivity contribution is -0.126. The molecule has 1 aromatic carbocycles. The van der Waals surface area contributed by atoms with E-state index >= 15 is 0 Å². The van der Waals surface area contributed by atoms with Crippen molar-refractivity contribution in [2.24, 2.45) is 0 Å². The number of aliphatic hydroxyl groups excluding tert-OH is 1. The molecule has 120 valence electrons. The number of likely N-dealkylation sites (N-methyl/N-ethyl adjacent to an activating group) is 1. The minimum absolute atomic E-state index is 0.0322. The highest BCUT2D eigenvalue weighted by atomic mass is 16.5. The number of benzene rings is 1. The van der Waals surface area contributed by atoms with E-state index in [-0.39, 0.29) is 31.6 Å². The first-order valence-corrected chi connectivity index (χ1v) is 7.35. The summed E-state index contributed by atoms with van der Waals surface area (Å²) in [6.07, 6.45) is -0.917. The SMILES string of the molecule is CC(C)c1ccccc1OC[C@H](O)CN1C(=O)CN(C)C1=O. The molecule has 0 unspecified atom stereocenters. The molecule has 0 saturated carbocycles. The summed E-state index contributed by atoms with van der Waals surface area (Å²) in [6.45, 7) is 4.17. The zero-order valence-corrected chi connectivity index (χ0v) is 13.2. The molecule has 0 spiro atoms. The summed E-state index contributed by atoms with van der Waals surface area (Å²) in [5, 5.41) is 10.0. The van der Waals surface area contributed by atoms with Gasteiger partial charge in [-0.25, -0.2) is 4.79 Å². The number of carbonyl (C=O) groups is 2. The Kier molecular flexibility index (Phi) is 5.03. The Morgan fingerprint density at radius 3 is 2.55 bits per heavy atom. The van der Waals surface area contributed by atoms with Crippen molar-refractivity contribution in [3.8, 4) is 5.75 Å². The van der Waals surface area contributed by atoms with Gasteiger partial charge in [0.2, 0.25) is 5.91 Å². The molecular formula is C16H22N2O4. The molecule has 0 radical (unpaired) electrons. The molecule has 0 bridgehead atoms. The first-order chi connectivity index (χ1) is 10.4. The van der Waals surface area contributed by atoms with Gasteiger partial charge in [0.25, 0.3) is 0 Å². The number of nitrogens with zero attached hydrogens (tertiary/aromatic N) is 2. The normalized spacial score (nSPS) is 16.6. The Balaban J connectivity index is 1.92. The van der Waals surface area contributed by atoms with Crippen molar-refractivity contribution in [3.05, 3.63) is 29.8 Å². The van der Waals surface area contributed by atoms with Crippen LogP contribution in [0.4, 0.5) is 4.79 Å². The Bertz CT molecular complexity index is 559. The minimum Gasteiger partial charge on any atom is -0.491 e. The maximum Gasteiger partial charge on any atom is 0.327 e. The Morgan fingerprint density at radius 2 is 1.95 bits per heavy atom. The molecule has 2 rings (SSSR count). The van der Waals surface area contributed by atoms with Crippen molar-refractivity contribution in [1.29, 1.82) is 0 Å². The molecule has 22 heavy (non-hydrogen) atoms. The van der Waals surface area contributed by atoms with Crippen molar-refractivity contribution in [2.75, 3.05) is 26.7 Å². The van der Waals surface area contributed by atoms with Gasteiger partial charge in [-0.2, -0.15) is 0 Å². The molecule has 0 aliphatic carbocycles. The fourth-order valence-corrected chi connectivity index (χ4v) is 2.39. The zero-order chi connectivity index (χ0) is 16.3. The van der Waals surface area contributed by atoms with Gasteiger partial charge in [0, 0.05) is 7.05 Å². The Hall–Kier alpha value is -2.08. The van der Waals surface area contributed by atoms with Gasteiger partial charge in [0.1, 0.15) is 25.0 Å². The van der Waals surface area contributed by atoms with Crippen LogP contribution in [0.15, 0.2) is 24.3 Å². The summed E-state index contributed by atoms with van der Waals surface area (Å²) in [5.41, 5.74) is 1.06. The lowest BCUT2D eigenvalue weighted by Crippen LogP contribution is -2.40. The third-order valence-corrected chi connectivity index (χ3v) is 3.60. The smallest absolute Gasteiger partial charge is 0.327 e. The number of para-hydroxylation sites is 1. The summed E-state index contributed by atoms with van der Waals surface area (Å²) in [5.74, 6) is 0.727. The number of aliphatic hydroxyl groups is 1. The summed E-state index contributed by atoms with van der Waals surface area (Å²) in [4.78, 5) is 25.8. The van der Waals surface area contributed by atoms with E-state index < -0.39 is 6.10 Å². The molecule has 6 heteroatoms. The largest absolute Gasteiger partial charge is 0.491 e. The molecule has 6 nitrogen and oxygen atoms in total. The number of urea groups is 1. The monoisotopic (exact) mass is 306 g/mol. The van der Waals surface area contributed by atoms with Crippen LogP contribution in [0, 0.1) is 0 Å². The fourth-order valence-electron chi connectivity index (χ4n) is 2.39. The number of hydrogen-bond donors (Lipinski definition) is 1. The van der Waals surface area contributed by atoms with E-state index in [2.05, 4.69) is 13.8 Å². The van der Waals surface area contributed by atoms with E-state index in [9.17, 15) is 14.7 Å². The summed E-state index contributed by atoms with van der Waals surface area (Å²) >= 11 is 0. The average Bonchev–Trinajstić information content (AvgIpc) is 2.72. The lowest BCUT2D eigenvalue weighted by Gasteiger charge is -2.20. The summed E-state index contributed by atoms with van der Waals surface area (Å²) in [6, 6.07) is 7.26. The molecule has 1 N–H and O–H groups in total. The second-order valence-corrected chi connectivity index (χ2v) is 5.80. The van der Waals surface area contributed by atoms with Gasteiger partial charge in [0.15, 0.2) is 0 Å². The van der Waals surface area contributed by atoms with Crippen LogP contribution >= 0.6 is 0 Å². The van der Waals surface area contributed by atoms with Crippen LogP contribution in [0.25, 0.3) is 0 Å². The quantitative estimate of drug-likeness (QED) is 0.808. The van der Waals surface area contributed by atoms with Crippen molar-refractivity contribution >= 4 is 11.9 Å². The lowest BCUT2D eigenvalue weighted by atomic mass is 10.0. The topological polar surface area (TPSA) is 70.1 Å². The van der Waals surface area contributed by atoms with Crippen LogP contribution in [-0.2, 0) is 4.79 Å². The second-order valence-electron chi connectivity index (χ2n) is 5.80. The van der Waals surface area contributed by atoms with Crippen LogP contribution in [0.3, 0.4) is 0 Å². The van der Waals surface area contributed by atoms with Crippen LogP contribution in [0.2, 0.25) is 0 Å². The fraction of sp³-hybridized carbons (Fsp3) is 0.500. The molecule has 1 atom stereocenters. The number of amides is 3. The Morgan fingerprint density at radius 1 is 1.27 bits per heavy atom. The number of hydrogen-bond acceptors (Lipinski definition) is 4. The molecule has 0 aromatic heterocycles. The van der Waals surface area contributed by atoms with Gasteiger partial charge < -0.3 is 14.7 Å². The number of β-amino-alcohol motifs (C(OH)–C–C–N with tert-alkyl or cyclic N) is 1. The van der Waals surface area contributed by atoms with E-state index in [0.717, 1.165) is 10.5 Å². The van der Waals surface area contributed by atoms with Crippen LogP contribution in [-0.4, -0.2) is 59.7 Å². The molecule has 1 fully saturated rings. The zero-order valence-electron chi connectivity index (χ0n) is 13.2. The van der Waals surface area contributed by atoms with Gasteiger partial charge in [-0.3, -0.25) is 9.69 Å². The number of ether oxygens (including phenoxy) is 1. The highest BCUT2D eigenvalue weighted by Gasteiger charge is 2.34. The highest BCUT2D eigenvalue weighted by Crippen LogP contribution is 2.25. The first kappa shape index (κ1) is 16.3. The molecule has 1 aromatic rings. The summed E-state index contributed by atoms with van der Waals surface area (Å²) < 4.78 is 5.65. The minimum atomic E-state index is -0.917. The maximum absolute atomic E-state index is 11.7. The molecular weight excluding hydrogens is 284 g/mol. The average molecular weight is 306 g/mol. The van der Waals surface area contributed by atoms with Crippen molar-refractivity contribution in [3.63, 3.8) is 0 Å². The molecule has 3 amide bonds. The molecule has 1 saturated heterocycles.